The van der Waals surface area contributed by atoms with Gasteiger partial charge in [-0.3, -0.25) is 4.57 Å². The number of aromatic nitrogens is 4. The predicted molar refractivity (Wildman–Crippen MR) is 194 cm³/mol. The summed E-state index contributed by atoms with van der Waals surface area (Å²) < 4.78 is 8.11. The van der Waals surface area contributed by atoms with Crippen molar-refractivity contribution in [3.8, 4) is 61.7 Å². The van der Waals surface area contributed by atoms with E-state index in [1.165, 1.54) is 5.56 Å². The molecule has 226 valence electrons. The van der Waals surface area contributed by atoms with Gasteiger partial charge in [0.15, 0.2) is 5.82 Å². The van der Waals surface area contributed by atoms with Crippen LogP contribution in [0, 0.1) is 0 Å². The van der Waals surface area contributed by atoms with E-state index in [-0.39, 0.29) is 0 Å². The van der Waals surface area contributed by atoms with Crippen molar-refractivity contribution < 1.29 is 4.42 Å². The molecule has 0 radical (unpaired) electrons. The minimum absolute atomic E-state index is 0.540. The second kappa shape index (κ2) is 11.6. The molecular weight excluding hydrogens is 589 g/mol. The van der Waals surface area contributed by atoms with Crippen LogP contribution in [0.5, 0.6) is 0 Å². The van der Waals surface area contributed by atoms with Gasteiger partial charge >= 0.3 is 0 Å². The summed E-state index contributed by atoms with van der Waals surface area (Å²) in [5.41, 5.74) is 12.8. The van der Waals surface area contributed by atoms with Crippen LogP contribution in [-0.2, 0) is 0 Å². The summed E-state index contributed by atoms with van der Waals surface area (Å²) in [5, 5.41) is 0.855. The highest BCUT2D eigenvalue weighted by Crippen LogP contribution is 2.41. The summed E-state index contributed by atoms with van der Waals surface area (Å²) >= 11 is 0. The highest BCUT2D eigenvalue weighted by atomic mass is 16.3. The maximum absolute atomic E-state index is 6.01. The van der Waals surface area contributed by atoms with E-state index in [4.69, 9.17) is 14.4 Å². The first-order valence-electron chi connectivity index (χ1n) is 15.9. The fraction of sp³-hybridized carbons (Fsp3) is 0. The van der Waals surface area contributed by atoms with Gasteiger partial charge in [-0.15, -0.1) is 0 Å². The summed E-state index contributed by atoms with van der Waals surface area (Å²) in [6, 6.07) is 54.5. The van der Waals surface area contributed by atoms with Crippen LogP contribution in [0.3, 0.4) is 0 Å². The zero-order valence-corrected chi connectivity index (χ0v) is 25.9. The Morgan fingerprint density at radius 2 is 1.17 bits per heavy atom. The highest BCUT2D eigenvalue weighted by Gasteiger charge is 2.21. The summed E-state index contributed by atoms with van der Waals surface area (Å²) in [6.07, 6.45) is 3.56. The second-order valence-electron chi connectivity index (χ2n) is 11.7. The Bertz CT molecular complexity index is 2550. The molecule has 0 aliphatic heterocycles. The fourth-order valence-corrected chi connectivity index (χ4v) is 6.53. The van der Waals surface area contributed by atoms with Crippen LogP contribution >= 0.6 is 0 Å². The Kier molecular flexibility index (Phi) is 6.72. The Balaban J connectivity index is 1.28. The average molecular weight is 617 g/mol. The topological polar surface area (TPSA) is 56.7 Å². The molecule has 3 aromatic heterocycles. The van der Waals surface area contributed by atoms with Gasteiger partial charge in [0.25, 0.3) is 0 Å². The Morgan fingerprint density at radius 1 is 0.500 bits per heavy atom. The van der Waals surface area contributed by atoms with Gasteiger partial charge in [0.2, 0.25) is 5.71 Å². The summed E-state index contributed by atoms with van der Waals surface area (Å²) in [6.45, 7) is 0. The minimum atomic E-state index is 0.540. The molecule has 0 saturated heterocycles. The SMILES string of the molecule is c1ccc(-c2cccc(-c3cccc(-c4ccccc4)c3-c3nc(-c4ccc5ncn(-c6ccccc6)c5c4)c4ccoc4n3)c2)cc1. The summed E-state index contributed by atoms with van der Waals surface area (Å²) in [5.74, 6) is 0.601. The van der Waals surface area contributed by atoms with Crippen LogP contribution in [0.1, 0.15) is 0 Å². The number of para-hydroxylation sites is 1. The largest absolute Gasteiger partial charge is 0.446 e. The van der Waals surface area contributed by atoms with Crippen LogP contribution in [-0.4, -0.2) is 19.5 Å². The van der Waals surface area contributed by atoms with Gasteiger partial charge < -0.3 is 4.42 Å². The monoisotopic (exact) mass is 616 g/mol. The van der Waals surface area contributed by atoms with Crippen molar-refractivity contribution in [3.05, 3.63) is 170 Å². The Morgan fingerprint density at radius 3 is 1.96 bits per heavy atom. The Hall–Kier alpha value is -6.59. The summed E-state index contributed by atoms with van der Waals surface area (Å²) in [7, 11) is 0. The molecule has 5 nitrogen and oxygen atoms in total. The number of hydrogen-bond acceptors (Lipinski definition) is 4. The van der Waals surface area contributed by atoms with Gasteiger partial charge in [-0.2, -0.15) is 4.98 Å². The van der Waals surface area contributed by atoms with Crippen molar-refractivity contribution in [2.24, 2.45) is 0 Å². The fourth-order valence-electron chi connectivity index (χ4n) is 6.53. The lowest BCUT2D eigenvalue weighted by molar-refractivity contribution is 0.603. The van der Waals surface area contributed by atoms with Crippen molar-refractivity contribution in [1.29, 1.82) is 0 Å². The smallest absolute Gasteiger partial charge is 0.230 e. The van der Waals surface area contributed by atoms with Gasteiger partial charge in [-0.25, -0.2) is 9.97 Å². The van der Waals surface area contributed by atoms with Gasteiger partial charge in [-0.05, 0) is 69.8 Å². The molecule has 9 rings (SSSR count). The molecular formula is C43H28N4O. The zero-order valence-electron chi connectivity index (χ0n) is 25.9. The molecule has 0 fully saturated rings. The molecule has 5 heteroatoms. The maximum atomic E-state index is 6.01. The molecule has 0 amide bonds. The van der Waals surface area contributed by atoms with Gasteiger partial charge in [-0.1, -0.05) is 121 Å². The number of fused-ring (bicyclic) bond motifs is 2. The predicted octanol–water partition coefficient (Wildman–Crippen LogP) is 10.9. The first-order valence-corrected chi connectivity index (χ1v) is 15.9. The number of rotatable bonds is 6. The highest BCUT2D eigenvalue weighted by molar-refractivity contribution is 5.98. The van der Waals surface area contributed by atoms with E-state index in [0.717, 1.165) is 66.7 Å². The molecule has 0 N–H and O–H groups in total. The first-order chi connectivity index (χ1) is 23.8. The molecule has 0 bridgehead atoms. The average Bonchev–Trinajstić information content (AvgIpc) is 3.82. The van der Waals surface area contributed by atoms with E-state index in [9.17, 15) is 0 Å². The van der Waals surface area contributed by atoms with Crippen molar-refractivity contribution in [2.45, 2.75) is 0 Å². The number of imidazole rings is 1. The van der Waals surface area contributed by atoms with Crippen LogP contribution in [0.2, 0.25) is 0 Å². The number of furan rings is 1. The lowest BCUT2D eigenvalue weighted by Crippen LogP contribution is -1.98. The number of benzene rings is 6. The van der Waals surface area contributed by atoms with Crippen molar-refractivity contribution in [3.63, 3.8) is 0 Å². The first kappa shape index (κ1) is 27.7. The molecule has 0 saturated carbocycles. The van der Waals surface area contributed by atoms with Crippen LogP contribution in [0.25, 0.3) is 83.8 Å². The van der Waals surface area contributed by atoms with E-state index in [2.05, 4.69) is 131 Å². The van der Waals surface area contributed by atoms with E-state index < -0.39 is 0 Å². The quantitative estimate of drug-likeness (QED) is 0.186. The maximum Gasteiger partial charge on any atom is 0.230 e. The lowest BCUT2D eigenvalue weighted by Gasteiger charge is -2.16. The Labute approximate surface area is 277 Å². The molecule has 0 aliphatic carbocycles. The van der Waals surface area contributed by atoms with Crippen molar-refractivity contribution >= 4 is 22.1 Å². The van der Waals surface area contributed by atoms with Crippen LogP contribution in [0.4, 0.5) is 0 Å². The van der Waals surface area contributed by atoms with Crippen molar-refractivity contribution in [2.75, 3.05) is 0 Å². The number of hydrogen-bond donors (Lipinski definition) is 0. The lowest BCUT2D eigenvalue weighted by atomic mass is 9.90. The molecule has 0 aliphatic rings. The molecule has 3 heterocycles. The third kappa shape index (κ3) is 4.86. The van der Waals surface area contributed by atoms with E-state index >= 15 is 0 Å². The number of nitrogens with zero attached hydrogens (tertiary/aromatic N) is 4. The van der Waals surface area contributed by atoms with E-state index in [0.29, 0.717) is 11.5 Å². The molecule has 0 unspecified atom stereocenters. The second-order valence-corrected chi connectivity index (χ2v) is 11.7. The molecule has 6 aromatic carbocycles. The van der Waals surface area contributed by atoms with E-state index in [1.54, 1.807) is 6.26 Å². The molecule has 48 heavy (non-hydrogen) atoms. The molecule has 0 spiro atoms. The minimum Gasteiger partial charge on any atom is -0.446 e. The van der Waals surface area contributed by atoms with Gasteiger partial charge in [0.05, 0.1) is 28.4 Å². The third-order valence-electron chi connectivity index (χ3n) is 8.83. The zero-order chi connectivity index (χ0) is 31.9. The standard InChI is InChI=1S/C43H28N4O/c1-4-12-29(13-5-1)31-16-10-17-32(26-31)36-21-11-20-35(30-14-6-2-7-15-30)40(36)42-45-41(37-24-25-48-43(37)46-42)33-22-23-38-39(27-33)47(28-44-38)34-18-8-3-9-19-34/h1-28H. The third-order valence-corrected chi connectivity index (χ3v) is 8.83. The van der Waals surface area contributed by atoms with Crippen LogP contribution < -0.4 is 0 Å². The molecule has 9 aromatic rings. The summed E-state index contributed by atoms with van der Waals surface area (Å²) in [4.78, 5) is 15.1. The normalized spacial score (nSPS) is 11.3. The van der Waals surface area contributed by atoms with Gasteiger partial charge in [0, 0.05) is 16.8 Å². The molecule has 0 atom stereocenters. The van der Waals surface area contributed by atoms with E-state index in [1.807, 2.05) is 42.7 Å². The van der Waals surface area contributed by atoms with Crippen LogP contribution in [0.15, 0.2) is 175 Å². The van der Waals surface area contributed by atoms with Crippen molar-refractivity contribution in [1.82, 2.24) is 19.5 Å². The van der Waals surface area contributed by atoms with Gasteiger partial charge in [0.1, 0.15) is 6.33 Å².